The van der Waals surface area contributed by atoms with Gasteiger partial charge in [0.15, 0.2) is 0 Å². The van der Waals surface area contributed by atoms with E-state index >= 15 is 0 Å². The molecule has 0 N–H and O–H groups in total. The van der Waals surface area contributed by atoms with Crippen LogP contribution in [-0.2, 0) is 6.54 Å². The van der Waals surface area contributed by atoms with Crippen molar-refractivity contribution in [2.45, 2.75) is 23.9 Å². The van der Waals surface area contributed by atoms with Gasteiger partial charge in [0.05, 0.1) is 5.38 Å². The highest BCUT2D eigenvalue weighted by Gasteiger charge is 2.44. The van der Waals surface area contributed by atoms with Crippen molar-refractivity contribution in [3.05, 3.63) is 108 Å². The Morgan fingerprint density at radius 2 is 1.36 bits per heavy atom. The summed E-state index contributed by atoms with van der Waals surface area (Å²) in [6.45, 7) is 2.00. The lowest BCUT2D eigenvalue weighted by atomic mass is 9.78. The number of halogens is 1. The molecule has 0 amide bonds. The molecule has 3 aromatic carbocycles. The van der Waals surface area contributed by atoms with Crippen LogP contribution in [0.4, 0.5) is 0 Å². The monoisotopic (exact) mass is 347 g/mol. The van der Waals surface area contributed by atoms with Crippen LogP contribution in [0.5, 0.6) is 0 Å². The number of alkyl halides is 1. The highest BCUT2D eigenvalue weighted by Crippen LogP contribution is 2.44. The van der Waals surface area contributed by atoms with Gasteiger partial charge in [-0.1, -0.05) is 91.0 Å². The zero-order chi connectivity index (χ0) is 17.1. The van der Waals surface area contributed by atoms with Crippen molar-refractivity contribution in [3.8, 4) is 0 Å². The minimum atomic E-state index is -0.0103. The number of hydrogen-bond acceptors (Lipinski definition) is 1. The molecule has 1 saturated heterocycles. The molecule has 1 fully saturated rings. The van der Waals surface area contributed by atoms with E-state index in [4.69, 9.17) is 11.6 Å². The predicted molar refractivity (Wildman–Crippen MR) is 105 cm³/mol. The van der Waals surface area contributed by atoms with E-state index in [9.17, 15) is 0 Å². The molecule has 0 aliphatic carbocycles. The Morgan fingerprint density at radius 3 is 2.00 bits per heavy atom. The standard InChI is InChI=1S/C23H22ClN/c24-22(20-14-8-3-9-15-20)23-21(19-12-6-2-7-13-19)17-25(23)16-18-10-4-1-5-11-18/h1-15,21-23H,16-17H2/t21-,22-,23+/m0/s1. The van der Waals surface area contributed by atoms with Gasteiger partial charge in [-0.2, -0.15) is 0 Å². The van der Waals surface area contributed by atoms with Crippen molar-refractivity contribution in [1.82, 2.24) is 4.90 Å². The van der Waals surface area contributed by atoms with Gasteiger partial charge in [0.2, 0.25) is 0 Å². The molecule has 1 heterocycles. The Kier molecular flexibility index (Phi) is 4.87. The summed E-state index contributed by atoms with van der Waals surface area (Å²) in [4.78, 5) is 2.51. The van der Waals surface area contributed by atoms with Gasteiger partial charge < -0.3 is 0 Å². The van der Waals surface area contributed by atoms with Crippen LogP contribution in [0, 0.1) is 0 Å². The first kappa shape index (κ1) is 16.4. The van der Waals surface area contributed by atoms with Crippen LogP contribution in [0.1, 0.15) is 28.0 Å². The van der Waals surface area contributed by atoms with E-state index in [1.165, 1.54) is 16.7 Å². The highest BCUT2D eigenvalue weighted by molar-refractivity contribution is 6.21. The van der Waals surface area contributed by atoms with Crippen LogP contribution in [0.15, 0.2) is 91.0 Å². The van der Waals surface area contributed by atoms with Gasteiger partial charge in [-0.25, -0.2) is 0 Å². The van der Waals surface area contributed by atoms with Crippen molar-refractivity contribution < 1.29 is 0 Å². The summed E-state index contributed by atoms with van der Waals surface area (Å²) in [5.74, 6) is 0.479. The van der Waals surface area contributed by atoms with E-state index in [0.717, 1.165) is 13.1 Å². The molecular weight excluding hydrogens is 326 g/mol. The molecule has 2 heteroatoms. The van der Waals surface area contributed by atoms with Crippen molar-refractivity contribution in [2.24, 2.45) is 0 Å². The van der Waals surface area contributed by atoms with Gasteiger partial charge in [-0.15, -0.1) is 11.6 Å². The molecule has 4 rings (SSSR count). The number of nitrogens with zero attached hydrogens (tertiary/aromatic N) is 1. The third-order valence-electron chi connectivity index (χ3n) is 5.14. The average Bonchev–Trinajstić information content (AvgIpc) is 2.67. The molecule has 0 unspecified atom stereocenters. The summed E-state index contributed by atoms with van der Waals surface area (Å²) >= 11 is 6.97. The third kappa shape index (κ3) is 3.49. The topological polar surface area (TPSA) is 3.24 Å². The van der Waals surface area contributed by atoms with Crippen LogP contribution in [0.25, 0.3) is 0 Å². The van der Waals surface area contributed by atoms with Crippen molar-refractivity contribution in [2.75, 3.05) is 6.54 Å². The van der Waals surface area contributed by atoms with Crippen LogP contribution in [0.3, 0.4) is 0 Å². The summed E-state index contributed by atoms with van der Waals surface area (Å²) in [7, 11) is 0. The summed E-state index contributed by atoms with van der Waals surface area (Å²) < 4.78 is 0. The van der Waals surface area contributed by atoms with Crippen LogP contribution in [-0.4, -0.2) is 17.5 Å². The maximum absolute atomic E-state index is 6.97. The summed E-state index contributed by atoms with van der Waals surface area (Å²) in [5.41, 5.74) is 3.93. The Bertz CT molecular complexity index is 747. The van der Waals surface area contributed by atoms with Gasteiger partial charge in [-0.05, 0) is 16.7 Å². The predicted octanol–water partition coefficient (Wildman–Crippen LogP) is 5.63. The molecular formula is C23H22ClN. The molecule has 1 nitrogen and oxygen atoms in total. The fourth-order valence-electron chi connectivity index (χ4n) is 3.81. The fourth-order valence-corrected chi connectivity index (χ4v) is 4.29. The first-order chi connectivity index (χ1) is 12.3. The summed E-state index contributed by atoms with van der Waals surface area (Å²) in [6.07, 6.45) is 0. The molecule has 1 aliphatic heterocycles. The van der Waals surface area contributed by atoms with Gasteiger partial charge >= 0.3 is 0 Å². The van der Waals surface area contributed by atoms with E-state index in [1.54, 1.807) is 0 Å². The molecule has 0 bridgehead atoms. The lowest BCUT2D eigenvalue weighted by molar-refractivity contribution is 0.0476. The van der Waals surface area contributed by atoms with Crippen LogP contribution < -0.4 is 0 Å². The van der Waals surface area contributed by atoms with Crippen LogP contribution in [0.2, 0.25) is 0 Å². The smallest absolute Gasteiger partial charge is 0.0747 e. The number of likely N-dealkylation sites (tertiary alicyclic amines) is 1. The van der Waals surface area contributed by atoms with E-state index in [2.05, 4.69) is 89.8 Å². The van der Waals surface area contributed by atoms with Crippen LogP contribution >= 0.6 is 11.6 Å². The van der Waals surface area contributed by atoms with Gasteiger partial charge in [0.25, 0.3) is 0 Å². The Balaban J connectivity index is 1.60. The maximum Gasteiger partial charge on any atom is 0.0747 e. The maximum atomic E-state index is 6.97. The third-order valence-corrected chi connectivity index (χ3v) is 5.65. The summed E-state index contributed by atoms with van der Waals surface area (Å²) in [6, 6.07) is 32.2. The highest BCUT2D eigenvalue weighted by atomic mass is 35.5. The van der Waals surface area contributed by atoms with Gasteiger partial charge in [0, 0.05) is 25.0 Å². The SMILES string of the molecule is Cl[C@@H](c1ccccc1)[C@H]1[C@H](c2ccccc2)CN1Cc1ccccc1. The molecule has 0 radical (unpaired) electrons. The van der Waals surface area contributed by atoms with E-state index in [-0.39, 0.29) is 5.38 Å². The first-order valence-electron chi connectivity index (χ1n) is 8.85. The van der Waals surface area contributed by atoms with Gasteiger partial charge in [-0.3, -0.25) is 4.90 Å². The zero-order valence-electron chi connectivity index (χ0n) is 14.1. The lowest BCUT2D eigenvalue weighted by Gasteiger charge is -2.51. The second-order valence-electron chi connectivity index (χ2n) is 6.74. The quantitative estimate of drug-likeness (QED) is 0.540. The van der Waals surface area contributed by atoms with E-state index in [1.807, 2.05) is 6.07 Å². The fraction of sp³-hybridized carbons (Fsp3) is 0.217. The first-order valence-corrected chi connectivity index (χ1v) is 9.28. The minimum Gasteiger partial charge on any atom is -0.293 e. The van der Waals surface area contributed by atoms with E-state index in [0.29, 0.717) is 12.0 Å². The molecule has 0 spiro atoms. The van der Waals surface area contributed by atoms with Crippen molar-refractivity contribution >= 4 is 11.6 Å². The molecule has 0 aromatic heterocycles. The van der Waals surface area contributed by atoms with Crippen molar-refractivity contribution in [3.63, 3.8) is 0 Å². The normalized spacial score (nSPS) is 21.5. The molecule has 0 saturated carbocycles. The molecule has 1 aliphatic rings. The minimum absolute atomic E-state index is 0.0103. The average molecular weight is 348 g/mol. The molecule has 126 valence electrons. The van der Waals surface area contributed by atoms with Crippen molar-refractivity contribution in [1.29, 1.82) is 0 Å². The number of hydrogen-bond donors (Lipinski definition) is 0. The summed E-state index contributed by atoms with van der Waals surface area (Å²) in [5, 5.41) is -0.0103. The largest absolute Gasteiger partial charge is 0.293 e. The Morgan fingerprint density at radius 1 is 0.800 bits per heavy atom. The Hall–Kier alpha value is -2.09. The number of rotatable bonds is 5. The van der Waals surface area contributed by atoms with Gasteiger partial charge in [0.1, 0.15) is 0 Å². The second kappa shape index (κ2) is 7.43. The lowest BCUT2D eigenvalue weighted by Crippen LogP contribution is -2.55. The molecule has 3 aromatic rings. The zero-order valence-corrected chi connectivity index (χ0v) is 14.9. The molecule has 3 atom stereocenters. The Labute approximate surface area is 154 Å². The van der Waals surface area contributed by atoms with E-state index < -0.39 is 0 Å². The molecule has 25 heavy (non-hydrogen) atoms. The number of benzene rings is 3. The second-order valence-corrected chi connectivity index (χ2v) is 7.21.